The molecule has 5 heteroatoms. The van der Waals surface area contributed by atoms with Crippen LogP contribution in [0.5, 0.6) is 0 Å². The van der Waals surface area contributed by atoms with Crippen LogP contribution in [0.25, 0.3) is 0 Å². The van der Waals surface area contributed by atoms with Crippen molar-refractivity contribution in [2.24, 2.45) is 0 Å². The number of carbonyl (C=O) groups excluding carboxylic acids is 1. The first kappa shape index (κ1) is 18.7. The highest BCUT2D eigenvalue weighted by molar-refractivity contribution is 9.10. The summed E-state index contributed by atoms with van der Waals surface area (Å²) in [7, 11) is 0. The lowest BCUT2D eigenvalue weighted by Crippen LogP contribution is -2.12. The van der Waals surface area contributed by atoms with Gasteiger partial charge in [0.05, 0.1) is 18.0 Å². The van der Waals surface area contributed by atoms with Gasteiger partial charge in [0.1, 0.15) is 5.56 Å². The smallest absolute Gasteiger partial charge is 0.341 e. The molecule has 0 radical (unpaired) electrons. The predicted octanol–water partition coefficient (Wildman–Crippen LogP) is 4.95. The van der Waals surface area contributed by atoms with Gasteiger partial charge in [-0.1, -0.05) is 48.8 Å². The Morgan fingerprint density at radius 3 is 2.46 bits per heavy atom. The fraction of sp³-hybridized carbons (Fsp3) is 0.474. The summed E-state index contributed by atoms with van der Waals surface area (Å²) in [6, 6.07) is 8.11. The molecule has 0 unspecified atom stereocenters. The molecule has 0 fully saturated rings. The highest BCUT2D eigenvalue weighted by Gasteiger charge is 2.26. The van der Waals surface area contributed by atoms with E-state index in [1.165, 1.54) is 0 Å². The van der Waals surface area contributed by atoms with Crippen LogP contribution in [0.1, 0.15) is 67.3 Å². The lowest BCUT2D eigenvalue weighted by atomic mass is 10.00. The molecule has 0 spiro atoms. The van der Waals surface area contributed by atoms with E-state index in [1.807, 2.05) is 35.9 Å². The minimum absolute atomic E-state index is 0.210. The maximum atomic E-state index is 12.6. The molecule has 0 aliphatic carbocycles. The monoisotopic (exact) mass is 392 g/mol. The second-order valence-electron chi connectivity index (χ2n) is 6.11. The molecule has 0 aliphatic heterocycles. The number of halogens is 1. The maximum Gasteiger partial charge on any atom is 0.341 e. The number of benzene rings is 1. The van der Waals surface area contributed by atoms with E-state index in [-0.39, 0.29) is 11.9 Å². The SMILES string of the molecule is CCCn1nc(Cc2ccc(Br)cc2)c(C(=O)OCC)c1C(C)C. The molecule has 0 amide bonds. The standard InChI is InChI=1S/C19H25BrN2O2/c1-5-11-22-18(13(3)4)17(19(23)24-6-2)16(21-22)12-14-7-9-15(20)10-8-14/h7-10,13H,5-6,11-12H2,1-4H3. The Morgan fingerprint density at radius 2 is 1.92 bits per heavy atom. The van der Waals surface area contributed by atoms with E-state index in [9.17, 15) is 4.79 Å². The first-order valence-corrected chi connectivity index (χ1v) is 9.28. The van der Waals surface area contributed by atoms with Crippen LogP contribution in [0.4, 0.5) is 0 Å². The third-order valence-corrected chi connectivity index (χ3v) is 4.34. The van der Waals surface area contributed by atoms with Crippen molar-refractivity contribution in [3.05, 3.63) is 51.3 Å². The number of ether oxygens (including phenoxy) is 1. The molecule has 0 bridgehead atoms. The van der Waals surface area contributed by atoms with Gasteiger partial charge in [0.15, 0.2) is 0 Å². The number of carbonyl (C=O) groups is 1. The Balaban J connectivity index is 2.49. The van der Waals surface area contributed by atoms with Gasteiger partial charge in [0.2, 0.25) is 0 Å². The van der Waals surface area contributed by atoms with Crippen LogP contribution in [-0.2, 0) is 17.7 Å². The molecule has 0 atom stereocenters. The molecule has 24 heavy (non-hydrogen) atoms. The summed E-state index contributed by atoms with van der Waals surface area (Å²) in [5.41, 5.74) is 3.54. The van der Waals surface area contributed by atoms with Crippen molar-refractivity contribution in [1.29, 1.82) is 0 Å². The third-order valence-electron chi connectivity index (χ3n) is 3.81. The molecular weight excluding hydrogens is 368 g/mol. The molecule has 0 N–H and O–H groups in total. The minimum atomic E-state index is -0.268. The molecule has 130 valence electrons. The Kier molecular flexibility index (Phi) is 6.60. The van der Waals surface area contributed by atoms with Crippen molar-refractivity contribution >= 4 is 21.9 Å². The first-order chi connectivity index (χ1) is 11.5. The molecule has 1 aromatic heterocycles. The summed E-state index contributed by atoms with van der Waals surface area (Å²) >= 11 is 3.45. The summed E-state index contributed by atoms with van der Waals surface area (Å²) in [4.78, 5) is 12.6. The highest BCUT2D eigenvalue weighted by Crippen LogP contribution is 2.26. The van der Waals surface area contributed by atoms with Gasteiger partial charge in [0, 0.05) is 17.4 Å². The van der Waals surface area contributed by atoms with Gasteiger partial charge in [-0.3, -0.25) is 4.68 Å². The molecule has 2 rings (SSSR count). The Labute approximate surface area is 152 Å². The van der Waals surface area contributed by atoms with E-state index >= 15 is 0 Å². The molecule has 1 aromatic carbocycles. The van der Waals surface area contributed by atoms with Crippen molar-refractivity contribution in [2.45, 2.75) is 53.0 Å². The van der Waals surface area contributed by atoms with Crippen molar-refractivity contribution in [3.8, 4) is 0 Å². The topological polar surface area (TPSA) is 44.1 Å². The van der Waals surface area contributed by atoms with Gasteiger partial charge in [-0.2, -0.15) is 5.10 Å². The predicted molar refractivity (Wildman–Crippen MR) is 99.5 cm³/mol. The fourth-order valence-corrected chi connectivity index (χ4v) is 3.10. The van der Waals surface area contributed by atoms with E-state index in [0.717, 1.165) is 34.4 Å². The third kappa shape index (κ3) is 4.26. The second-order valence-corrected chi connectivity index (χ2v) is 7.02. The zero-order valence-corrected chi connectivity index (χ0v) is 16.4. The zero-order chi connectivity index (χ0) is 17.7. The number of nitrogens with zero attached hydrogens (tertiary/aromatic N) is 2. The molecule has 2 aromatic rings. The normalized spacial score (nSPS) is 11.1. The van der Waals surface area contributed by atoms with Gasteiger partial charge >= 0.3 is 5.97 Å². The largest absolute Gasteiger partial charge is 0.462 e. The van der Waals surface area contributed by atoms with Gasteiger partial charge in [-0.15, -0.1) is 0 Å². The van der Waals surface area contributed by atoms with Gasteiger partial charge < -0.3 is 4.74 Å². The molecule has 1 heterocycles. The van der Waals surface area contributed by atoms with Crippen LogP contribution >= 0.6 is 15.9 Å². The van der Waals surface area contributed by atoms with Crippen LogP contribution < -0.4 is 0 Å². The number of aryl methyl sites for hydroxylation is 1. The van der Waals surface area contributed by atoms with Crippen LogP contribution in [0.15, 0.2) is 28.7 Å². The van der Waals surface area contributed by atoms with Crippen molar-refractivity contribution in [2.75, 3.05) is 6.61 Å². The molecular formula is C19H25BrN2O2. The number of hydrogen-bond donors (Lipinski definition) is 0. The Morgan fingerprint density at radius 1 is 1.25 bits per heavy atom. The Hall–Kier alpha value is -1.62. The average Bonchev–Trinajstić information content (AvgIpc) is 2.88. The number of esters is 1. The van der Waals surface area contributed by atoms with Crippen LogP contribution in [0.2, 0.25) is 0 Å². The molecule has 4 nitrogen and oxygen atoms in total. The lowest BCUT2D eigenvalue weighted by Gasteiger charge is -2.11. The minimum Gasteiger partial charge on any atom is -0.462 e. The number of hydrogen-bond acceptors (Lipinski definition) is 3. The second kappa shape index (κ2) is 8.47. The quantitative estimate of drug-likeness (QED) is 0.626. The van der Waals surface area contributed by atoms with Crippen LogP contribution in [-0.4, -0.2) is 22.4 Å². The Bertz CT molecular complexity index is 690. The van der Waals surface area contributed by atoms with Crippen LogP contribution in [0, 0.1) is 0 Å². The molecule has 0 saturated carbocycles. The fourth-order valence-electron chi connectivity index (χ4n) is 2.84. The van der Waals surface area contributed by atoms with Crippen molar-refractivity contribution < 1.29 is 9.53 Å². The van der Waals surface area contributed by atoms with E-state index < -0.39 is 0 Å². The maximum absolute atomic E-state index is 12.6. The first-order valence-electron chi connectivity index (χ1n) is 8.49. The summed E-state index contributed by atoms with van der Waals surface area (Å²) < 4.78 is 8.32. The van der Waals surface area contributed by atoms with E-state index in [2.05, 4.69) is 36.7 Å². The van der Waals surface area contributed by atoms with Crippen LogP contribution in [0.3, 0.4) is 0 Å². The van der Waals surface area contributed by atoms with Gasteiger partial charge in [-0.25, -0.2) is 4.79 Å². The zero-order valence-electron chi connectivity index (χ0n) is 14.8. The van der Waals surface area contributed by atoms with Crippen molar-refractivity contribution in [3.63, 3.8) is 0 Å². The van der Waals surface area contributed by atoms with E-state index in [1.54, 1.807) is 0 Å². The summed E-state index contributed by atoms with van der Waals surface area (Å²) in [6.45, 7) is 9.31. The van der Waals surface area contributed by atoms with Crippen molar-refractivity contribution in [1.82, 2.24) is 9.78 Å². The number of rotatable bonds is 7. The summed E-state index contributed by atoms with van der Waals surface area (Å²) in [5.74, 6) is -0.0576. The lowest BCUT2D eigenvalue weighted by molar-refractivity contribution is 0.0523. The highest BCUT2D eigenvalue weighted by atomic mass is 79.9. The van der Waals surface area contributed by atoms with E-state index in [0.29, 0.717) is 18.6 Å². The molecule has 0 saturated heterocycles. The average molecular weight is 393 g/mol. The number of aromatic nitrogens is 2. The summed E-state index contributed by atoms with van der Waals surface area (Å²) in [5, 5.41) is 4.75. The molecule has 0 aliphatic rings. The van der Waals surface area contributed by atoms with E-state index in [4.69, 9.17) is 9.84 Å². The van der Waals surface area contributed by atoms with Gasteiger partial charge in [-0.05, 0) is 37.0 Å². The summed E-state index contributed by atoms with van der Waals surface area (Å²) in [6.07, 6.45) is 1.60. The van der Waals surface area contributed by atoms with Gasteiger partial charge in [0.25, 0.3) is 0 Å².